The highest BCUT2D eigenvalue weighted by Crippen LogP contribution is 2.16. The summed E-state index contributed by atoms with van der Waals surface area (Å²) < 4.78 is 0. The van der Waals surface area contributed by atoms with Gasteiger partial charge >= 0.3 is 0 Å². The van der Waals surface area contributed by atoms with Crippen molar-refractivity contribution in [2.45, 2.75) is 85.1 Å². The fraction of sp³-hybridized carbons (Fsp3) is 0.714. The van der Waals surface area contributed by atoms with E-state index in [0.29, 0.717) is 5.92 Å². The molecule has 1 nitrogen and oxygen atoms in total. The van der Waals surface area contributed by atoms with Crippen LogP contribution in [0, 0.1) is 0 Å². The van der Waals surface area contributed by atoms with Gasteiger partial charge in [-0.15, -0.1) is 0 Å². The number of nitrogens with zero attached hydrogens (tertiary/aromatic N) is 1. The molecule has 1 heteroatoms. The van der Waals surface area contributed by atoms with Gasteiger partial charge in [-0.2, -0.15) is 0 Å². The molecular formula is C21H37N. The van der Waals surface area contributed by atoms with E-state index in [0.717, 1.165) is 6.54 Å². The summed E-state index contributed by atoms with van der Waals surface area (Å²) in [5, 5.41) is 0. The van der Waals surface area contributed by atoms with E-state index in [2.05, 4.69) is 56.9 Å². The Bertz CT molecular complexity index is 366. The van der Waals surface area contributed by atoms with Gasteiger partial charge in [-0.1, -0.05) is 84.1 Å². The molecule has 0 fully saturated rings. The van der Waals surface area contributed by atoms with Gasteiger partial charge in [0.2, 0.25) is 0 Å². The maximum Gasteiger partial charge on any atom is 0.0233 e. The minimum absolute atomic E-state index is 0.628. The average Bonchev–Trinajstić information content (AvgIpc) is 2.52. The summed E-state index contributed by atoms with van der Waals surface area (Å²) in [7, 11) is 0. The van der Waals surface area contributed by atoms with Crippen molar-refractivity contribution in [1.82, 2.24) is 4.90 Å². The van der Waals surface area contributed by atoms with Crippen LogP contribution in [0.5, 0.6) is 0 Å². The van der Waals surface area contributed by atoms with Gasteiger partial charge in [0, 0.05) is 6.54 Å². The van der Waals surface area contributed by atoms with Crippen LogP contribution in [-0.4, -0.2) is 18.0 Å². The number of hydrogen-bond acceptors (Lipinski definition) is 1. The van der Waals surface area contributed by atoms with Gasteiger partial charge in [-0.05, 0) is 43.0 Å². The van der Waals surface area contributed by atoms with E-state index in [1.807, 2.05) is 0 Å². The Kier molecular flexibility index (Phi) is 10.2. The molecule has 22 heavy (non-hydrogen) atoms. The van der Waals surface area contributed by atoms with Crippen LogP contribution in [-0.2, 0) is 6.54 Å². The molecule has 0 N–H and O–H groups in total. The lowest BCUT2D eigenvalue weighted by atomic mass is 10.0. The zero-order chi connectivity index (χ0) is 16.2. The lowest BCUT2D eigenvalue weighted by Gasteiger charge is -2.22. The summed E-state index contributed by atoms with van der Waals surface area (Å²) in [4.78, 5) is 2.66. The quantitative estimate of drug-likeness (QED) is 0.405. The molecule has 0 aliphatic rings. The molecule has 1 aromatic rings. The molecule has 0 aliphatic carbocycles. The molecule has 126 valence electrons. The molecule has 0 atom stereocenters. The maximum atomic E-state index is 2.66. The van der Waals surface area contributed by atoms with Crippen molar-refractivity contribution < 1.29 is 0 Å². The van der Waals surface area contributed by atoms with E-state index in [4.69, 9.17) is 0 Å². The predicted octanol–water partition coefficient (Wildman–Crippen LogP) is 6.38. The molecule has 0 saturated carbocycles. The molecule has 0 spiro atoms. The molecule has 0 saturated heterocycles. The third-order valence-electron chi connectivity index (χ3n) is 4.46. The van der Waals surface area contributed by atoms with Crippen LogP contribution >= 0.6 is 0 Å². The van der Waals surface area contributed by atoms with Crippen molar-refractivity contribution in [2.24, 2.45) is 0 Å². The van der Waals surface area contributed by atoms with Crippen molar-refractivity contribution in [1.29, 1.82) is 0 Å². The van der Waals surface area contributed by atoms with Crippen molar-refractivity contribution in [2.75, 3.05) is 13.1 Å². The molecule has 0 bridgehead atoms. The second-order valence-corrected chi connectivity index (χ2v) is 6.94. The van der Waals surface area contributed by atoms with Gasteiger partial charge < -0.3 is 0 Å². The summed E-state index contributed by atoms with van der Waals surface area (Å²) in [6.07, 6.45) is 9.45. The Morgan fingerprint density at radius 2 is 1.32 bits per heavy atom. The third kappa shape index (κ3) is 7.98. The Labute approximate surface area is 139 Å². The van der Waals surface area contributed by atoms with Crippen LogP contribution in [0.3, 0.4) is 0 Å². The molecular weight excluding hydrogens is 266 g/mol. The van der Waals surface area contributed by atoms with Crippen molar-refractivity contribution >= 4 is 0 Å². The predicted molar refractivity (Wildman–Crippen MR) is 99.5 cm³/mol. The summed E-state index contributed by atoms with van der Waals surface area (Å²) in [5.41, 5.74) is 2.92. The van der Waals surface area contributed by atoms with Gasteiger partial charge in [-0.3, -0.25) is 4.90 Å². The van der Waals surface area contributed by atoms with E-state index < -0.39 is 0 Å². The first-order chi connectivity index (χ1) is 10.7. The SMILES string of the molecule is CCCCCCN(CCCCC)Cc1ccc(C(C)C)cc1. The summed E-state index contributed by atoms with van der Waals surface area (Å²) in [5.74, 6) is 0.628. The van der Waals surface area contributed by atoms with Crippen molar-refractivity contribution in [3.8, 4) is 0 Å². The molecule has 0 heterocycles. The maximum absolute atomic E-state index is 2.66. The minimum atomic E-state index is 0.628. The number of rotatable bonds is 12. The van der Waals surface area contributed by atoms with E-state index in [1.165, 1.54) is 69.2 Å². The lowest BCUT2D eigenvalue weighted by molar-refractivity contribution is 0.253. The standard InChI is InChI=1S/C21H37N/c1-5-7-9-11-17-22(16-10-8-6-2)18-20-12-14-21(15-13-20)19(3)4/h12-15,19H,5-11,16-18H2,1-4H3. The Balaban J connectivity index is 2.49. The minimum Gasteiger partial charge on any atom is -0.299 e. The average molecular weight is 304 g/mol. The Morgan fingerprint density at radius 3 is 1.86 bits per heavy atom. The fourth-order valence-electron chi connectivity index (χ4n) is 2.88. The monoisotopic (exact) mass is 303 g/mol. The zero-order valence-electron chi connectivity index (χ0n) is 15.4. The van der Waals surface area contributed by atoms with Crippen LogP contribution in [0.2, 0.25) is 0 Å². The Morgan fingerprint density at radius 1 is 0.773 bits per heavy atom. The van der Waals surface area contributed by atoms with Crippen LogP contribution in [0.15, 0.2) is 24.3 Å². The van der Waals surface area contributed by atoms with Gasteiger partial charge in [0.1, 0.15) is 0 Å². The summed E-state index contributed by atoms with van der Waals surface area (Å²) in [6, 6.07) is 9.27. The molecule has 0 aliphatic heterocycles. The van der Waals surface area contributed by atoms with E-state index in [-0.39, 0.29) is 0 Å². The third-order valence-corrected chi connectivity index (χ3v) is 4.46. The summed E-state index contributed by atoms with van der Waals surface area (Å²) in [6.45, 7) is 12.7. The van der Waals surface area contributed by atoms with Crippen molar-refractivity contribution in [3.63, 3.8) is 0 Å². The second-order valence-electron chi connectivity index (χ2n) is 6.94. The first-order valence-electron chi connectivity index (χ1n) is 9.48. The second kappa shape index (κ2) is 11.7. The van der Waals surface area contributed by atoms with Gasteiger partial charge in [0.05, 0.1) is 0 Å². The Hall–Kier alpha value is -0.820. The van der Waals surface area contributed by atoms with Crippen molar-refractivity contribution in [3.05, 3.63) is 35.4 Å². The van der Waals surface area contributed by atoms with Crippen LogP contribution in [0.25, 0.3) is 0 Å². The van der Waals surface area contributed by atoms with Gasteiger partial charge in [-0.25, -0.2) is 0 Å². The van der Waals surface area contributed by atoms with Crippen LogP contribution < -0.4 is 0 Å². The van der Waals surface area contributed by atoms with E-state index in [1.54, 1.807) is 0 Å². The van der Waals surface area contributed by atoms with Gasteiger partial charge in [0.15, 0.2) is 0 Å². The summed E-state index contributed by atoms with van der Waals surface area (Å²) >= 11 is 0. The van der Waals surface area contributed by atoms with E-state index in [9.17, 15) is 0 Å². The lowest BCUT2D eigenvalue weighted by Crippen LogP contribution is -2.25. The molecule has 0 amide bonds. The number of benzene rings is 1. The molecule has 1 rings (SSSR count). The fourth-order valence-corrected chi connectivity index (χ4v) is 2.88. The molecule has 0 radical (unpaired) electrons. The van der Waals surface area contributed by atoms with E-state index >= 15 is 0 Å². The number of hydrogen-bond donors (Lipinski definition) is 0. The smallest absolute Gasteiger partial charge is 0.0233 e. The first-order valence-corrected chi connectivity index (χ1v) is 9.48. The van der Waals surface area contributed by atoms with Gasteiger partial charge in [0.25, 0.3) is 0 Å². The highest BCUT2D eigenvalue weighted by molar-refractivity contribution is 5.24. The number of unbranched alkanes of at least 4 members (excludes halogenated alkanes) is 5. The first kappa shape index (κ1) is 19.2. The highest BCUT2D eigenvalue weighted by atomic mass is 15.1. The van der Waals surface area contributed by atoms with Crippen LogP contribution in [0.1, 0.15) is 89.7 Å². The molecule has 0 aromatic heterocycles. The molecule has 1 aromatic carbocycles. The largest absolute Gasteiger partial charge is 0.299 e. The normalized spacial score (nSPS) is 11.5. The molecule has 0 unspecified atom stereocenters. The topological polar surface area (TPSA) is 3.24 Å². The van der Waals surface area contributed by atoms with Crippen LogP contribution in [0.4, 0.5) is 0 Å². The zero-order valence-corrected chi connectivity index (χ0v) is 15.4. The highest BCUT2D eigenvalue weighted by Gasteiger charge is 2.06.